The molecule has 1 aromatic carbocycles. The van der Waals surface area contributed by atoms with Crippen molar-refractivity contribution in [2.45, 2.75) is 33.2 Å². The van der Waals surface area contributed by atoms with E-state index < -0.39 is 4.92 Å². The number of aryl methyl sites for hydroxylation is 1. The Kier molecular flexibility index (Phi) is 4.61. The molecule has 6 nitrogen and oxygen atoms in total. The van der Waals surface area contributed by atoms with Gasteiger partial charge in [0.2, 0.25) is 5.91 Å². The van der Waals surface area contributed by atoms with E-state index in [-0.39, 0.29) is 23.7 Å². The van der Waals surface area contributed by atoms with Crippen molar-refractivity contribution >= 4 is 17.3 Å². The lowest BCUT2D eigenvalue weighted by atomic mass is 10.1. The lowest BCUT2D eigenvalue weighted by Crippen LogP contribution is -2.41. The molecule has 6 heteroatoms. The third-order valence-electron chi connectivity index (χ3n) is 2.49. The van der Waals surface area contributed by atoms with Gasteiger partial charge in [-0.3, -0.25) is 14.9 Å². The molecule has 0 saturated heterocycles. The van der Waals surface area contributed by atoms with Gasteiger partial charge in [-0.05, 0) is 33.3 Å². The molecule has 0 aromatic heterocycles. The fraction of sp³-hybridized carbons (Fsp3) is 0.462. The molecule has 1 aromatic rings. The maximum atomic E-state index is 11.7. The smallest absolute Gasteiger partial charge is 0.271 e. The average molecular weight is 265 g/mol. The van der Waals surface area contributed by atoms with E-state index in [1.165, 1.54) is 12.1 Å². The van der Waals surface area contributed by atoms with Crippen LogP contribution in [0.1, 0.15) is 26.3 Å². The summed E-state index contributed by atoms with van der Waals surface area (Å²) >= 11 is 0. The molecule has 1 amide bonds. The van der Waals surface area contributed by atoms with Crippen LogP contribution in [0.2, 0.25) is 0 Å². The Bertz CT molecular complexity index is 492. The molecule has 0 unspecified atom stereocenters. The average Bonchev–Trinajstić information content (AvgIpc) is 2.28. The van der Waals surface area contributed by atoms with Crippen LogP contribution in [-0.4, -0.2) is 22.9 Å². The van der Waals surface area contributed by atoms with Crippen molar-refractivity contribution in [1.29, 1.82) is 0 Å². The summed E-state index contributed by atoms with van der Waals surface area (Å²) in [4.78, 5) is 22.0. The molecular formula is C13H19N3O3. The van der Waals surface area contributed by atoms with Crippen LogP contribution < -0.4 is 10.6 Å². The summed E-state index contributed by atoms with van der Waals surface area (Å²) in [5.41, 5.74) is 1.06. The van der Waals surface area contributed by atoms with Gasteiger partial charge < -0.3 is 10.6 Å². The zero-order valence-electron chi connectivity index (χ0n) is 11.6. The van der Waals surface area contributed by atoms with Gasteiger partial charge in [-0.1, -0.05) is 6.07 Å². The second kappa shape index (κ2) is 5.79. The standard InChI is InChI=1S/C13H19N3O3/c1-9-5-6-10(16(18)19)7-11(9)15-12(17)8-14-13(2,3)4/h5-7,14H,8H2,1-4H3,(H,15,17). The number of non-ortho nitro benzene ring substituents is 1. The molecule has 0 radical (unpaired) electrons. The first-order chi connectivity index (χ1) is 8.69. The molecule has 0 fully saturated rings. The van der Waals surface area contributed by atoms with Crippen LogP contribution in [0.5, 0.6) is 0 Å². The molecule has 1 rings (SSSR count). The van der Waals surface area contributed by atoms with Crippen molar-refractivity contribution in [3.63, 3.8) is 0 Å². The maximum Gasteiger partial charge on any atom is 0.271 e. The van der Waals surface area contributed by atoms with Crippen LogP contribution >= 0.6 is 0 Å². The highest BCUT2D eigenvalue weighted by molar-refractivity contribution is 5.93. The van der Waals surface area contributed by atoms with Crippen LogP contribution in [-0.2, 0) is 4.79 Å². The molecule has 0 spiro atoms. The lowest BCUT2D eigenvalue weighted by Gasteiger charge is -2.20. The lowest BCUT2D eigenvalue weighted by molar-refractivity contribution is -0.384. The summed E-state index contributed by atoms with van der Waals surface area (Å²) in [5, 5.41) is 16.4. The van der Waals surface area contributed by atoms with E-state index in [1.54, 1.807) is 13.0 Å². The van der Waals surface area contributed by atoms with Crippen molar-refractivity contribution in [2.24, 2.45) is 0 Å². The van der Waals surface area contributed by atoms with Gasteiger partial charge in [0.25, 0.3) is 5.69 Å². The Morgan fingerprint density at radius 1 is 1.37 bits per heavy atom. The summed E-state index contributed by atoms with van der Waals surface area (Å²) in [5.74, 6) is -0.224. The minimum Gasteiger partial charge on any atom is -0.324 e. The topological polar surface area (TPSA) is 84.3 Å². The molecule has 0 bridgehead atoms. The number of nitrogens with one attached hydrogen (secondary N) is 2. The molecule has 104 valence electrons. The van der Waals surface area contributed by atoms with E-state index in [2.05, 4.69) is 10.6 Å². The first-order valence-corrected chi connectivity index (χ1v) is 5.99. The van der Waals surface area contributed by atoms with Gasteiger partial charge in [0, 0.05) is 17.7 Å². The second-order valence-corrected chi connectivity index (χ2v) is 5.41. The van der Waals surface area contributed by atoms with Gasteiger partial charge in [-0.2, -0.15) is 0 Å². The van der Waals surface area contributed by atoms with E-state index in [4.69, 9.17) is 0 Å². The van der Waals surface area contributed by atoms with Crippen LogP contribution in [0.4, 0.5) is 11.4 Å². The van der Waals surface area contributed by atoms with Crippen molar-refractivity contribution in [3.05, 3.63) is 33.9 Å². The summed E-state index contributed by atoms with van der Waals surface area (Å²) in [6, 6.07) is 4.40. The number of carbonyl (C=O) groups excluding carboxylic acids is 1. The number of anilines is 1. The monoisotopic (exact) mass is 265 g/mol. The van der Waals surface area contributed by atoms with Gasteiger partial charge >= 0.3 is 0 Å². The van der Waals surface area contributed by atoms with Crippen molar-refractivity contribution in [1.82, 2.24) is 5.32 Å². The molecule has 19 heavy (non-hydrogen) atoms. The largest absolute Gasteiger partial charge is 0.324 e. The zero-order chi connectivity index (χ0) is 14.6. The normalized spacial score (nSPS) is 11.2. The molecule has 0 aliphatic carbocycles. The predicted octanol–water partition coefficient (Wildman–Crippen LogP) is 2.23. The van der Waals surface area contributed by atoms with Crippen LogP contribution in [0.3, 0.4) is 0 Å². The highest BCUT2D eigenvalue weighted by Crippen LogP contribution is 2.21. The van der Waals surface area contributed by atoms with Gasteiger partial charge in [0.15, 0.2) is 0 Å². The Labute approximate surface area is 112 Å². The van der Waals surface area contributed by atoms with E-state index in [0.29, 0.717) is 5.69 Å². The van der Waals surface area contributed by atoms with Crippen LogP contribution in [0, 0.1) is 17.0 Å². The zero-order valence-corrected chi connectivity index (χ0v) is 11.6. The number of carbonyl (C=O) groups is 1. The summed E-state index contributed by atoms with van der Waals surface area (Å²) in [7, 11) is 0. The Morgan fingerprint density at radius 3 is 2.53 bits per heavy atom. The predicted molar refractivity (Wildman–Crippen MR) is 74.2 cm³/mol. The van der Waals surface area contributed by atoms with Gasteiger partial charge in [0.1, 0.15) is 0 Å². The number of rotatable bonds is 4. The molecule has 0 heterocycles. The third-order valence-corrected chi connectivity index (χ3v) is 2.49. The van der Waals surface area contributed by atoms with E-state index in [1.807, 2.05) is 20.8 Å². The fourth-order valence-corrected chi connectivity index (χ4v) is 1.40. The highest BCUT2D eigenvalue weighted by Gasteiger charge is 2.13. The molecule has 0 saturated carbocycles. The van der Waals surface area contributed by atoms with Gasteiger partial charge in [0.05, 0.1) is 17.2 Å². The number of nitro groups is 1. The van der Waals surface area contributed by atoms with E-state index in [0.717, 1.165) is 5.56 Å². The quantitative estimate of drug-likeness (QED) is 0.646. The molecular weight excluding hydrogens is 246 g/mol. The van der Waals surface area contributed by atoms with Crippen molar-refractivity contribution < 1.29 is 9.72 Å². The Hall–Kier alpha value is -1.95. The maximum absolute atomic E-state index is 11.7. The number of hydrogen-bond donors (Lipinski definition) is 2. The first-order valence-electron chi connectivity index (χ1n) is 5.99. The van der Waals surface area contributed by atoms with Crippen LogP contribution in [0.25, 0.3) is 0 Å². The van der Waals surface area contributed by atoms with Crippen molar-refractivity contribution in [3.8, 4) is 0 Å². The van der Waals surface area contributed by atoms with Gasteiger partial charge in [-0.25, -0.2) is 0 Å². The molecule has 0 aliphatic rings. The van der Waals surface area contributed by atoms with Crippen molar-refractivity contribution in [2.75, 3.05) is 11.9 Å². The second-order valence-electron chi connectivity index (χ2n) is 5.41. The molecule has 0 aliphatic heterocycles. The number of amides is 1. The minimum absolute atomic E-state index is 0.0373. The number of nitrogens with zero attached hydrogens (tertiary/aromatic N) is 1. The molecule has 0 atom stereocenters. The first kappa shape index (κ1) is 15.1. The fourth-order valence-electron chi connectivity index (χ4n) is 1.40. The van der Waals surface area contributed by atoms with E-state index >= 15 is 0 Å². The van der Waals surface area contributed by atoms with Gasteiger partial charge in [-0.15, -0.1) is 0 Å². The summed E-state index contributed by atoms with van der Waals surface area (Å²) < 4.78 is 0. The number of nitro benzene ring substituents is 1. The minimum atomic E-state index is -0.484. The summed E-state index contributed by atoms with van der Waals surface area (Å²) in [6.07, 6.45) is 0. The Morgan fingerprint density at radius 2 is 2.00 bits per heavy atom. The summed E-state index contributed by atoms with van der Waals surface area (Å²) in [6.45, 7) is 7.82. The third kappa shape index (κ3) is 5.05. The van der Waals surface area contributed by atoms with E-state index in [9.17, 15) is 14.9 Å². The van der Waals surface area contributed by atoms with Crippen LogP contribution in [0.15, 0.2) is 18.2 Å². The highest BCUT2D eigenvalue weighted by atomic mass is 16.6. The number of benzene rings is 1. The Balaban J connectivity index is 2.73. The molecule has 2 N–H and O–H groups in total. The SMILES string of the molecule is Cc1ccc([N+](=O)[O-])cc1NC(=O)CNC(C)(C)C. The number of hydrogen-bond acceptors (Lipinski definition) is 4.